The summed E-state index contributed by atoms with van der Waals surface area (Å²) >= 11 is 1.39. The summed E-state index contributed by atoms with van der Waals surface area (Å²) < 4.78 is 37.9. The number of aliphatic hydroxyl groups excluding tert-OH is 1. The summed E-state index contributed by atoms with van der Waals surface area (Å²) in [5.41, 5.74) is 3.97. The third kappa shape index (κ3) is 5.30. The topological polar surface area (TPSA) is 75.3 Å². The summed E-state index contributed by atoms with van der Waals surface area (Å²) in [6.07, 6.45) is -4.39. The molecule has 8 heteroatoms. The Bertz CT molecular complexity index is 467. The molecule has 0 aliphatic carbocycles. The van der Waals surface area contributed by atoms with Crippen LogP contribution in [-0.4, -0.2) is 29.1 Å². The first-order chi connectivity index (χ1) is 9.34. The van der Waals surface area contributed by atoms with Gasteiger partial charge in [-0.2, -0.15) is 24.9 Å². The molecule has 0 saturated heterocycles. The minimum Gasteiger partial charge on any atom is -0.398 e. The Balaban J connectivity index is 2.62. The second kappa shape index (κ2) is 7.39. The van der Waals surface area contributed by atoms with E-state index in [1.54, 1.807) is 0 Å². The number of amides is 1. The molecule has 0 aliphatic heterocycles. The lowest BCUT2D eigenvalue weighted by atomic mass is 10.1. The molecule has 0 aliphatic rings. The van der Waals surface area contributed by atoms with E-state index in [0.717, 1.165) is 12.1 Å². The summed E-state index contributed by atoms with van der Waals surface area (Å²) in [4.78, 5) is 11.5. The molecule has 1 aromatic carbocycles. The zero-order valence-corrected chi connectivity index (χ0v) is 11.4. The molecule has 1 aromatic rings. The number of nitrogen functional groups attached to an aromatic ring is 1. The van der Waals surface area contributed by atoms with Crippen LogP contribution in [0.15, 0.2) is 18.2 Å². The number of carbonyl (C=O) groups is 1. The van der Waals surface area contributed by atoms with Crippen LogP contribution in [0.25, 0.3) is 0 Å². The second-order valence-electron chi connectivity index (χ2n) is 3.93. The van der Waals surface area contributed by atoms with Gasteiger partial charge < -0.3 is 16.2 Å². The minimum atomic E-state index is -4.55. The SMILES string of the molecule is Nc1ccc(NC(=O)CCSCCO)cc1C(F)(F)F. The monoisotopic (exact) mass is 308 g/mol. The molecule has 1 amide bonds. The van der Waals surface area contributed by atoms with Crippen molar-refractivity contribution in [3.05, 3.63) is 23.8 Å². The first-order valence-corrected chi connectivity index (χ1v) is 6.95. The van der Waals surface area contributed by atoms with Crippen LogP contribution >= 0.6 is 11.8 Å². The average molecular weight is 308 g/mol. The van der Waals surface area contributed by atoms with Crippen LogP contribution in [0.4, 0.5) is 24.5 Å². The Kier molecular flexibility index (Phi) is 6.15. The highest BCUT2D eigenvalue weighted by Crippen LogP contribution is 2.35. The molecular formula is C12H15F3N2O2S. The predicted molar refractivity (Wildman–Crippen MR) is 73.5 cm³/mol. The minimum absolute atomic E-state index is 0.0270. The summed E-state index contributed by atoms with van der Waals surface area (Å²) in [5, 5.41) is 10.9. The van der Waals surface area contributed by atoms with Gasteiger partial charge in [-0.15, -0.1) is 0 Å². The Morgan fingerprint density at radius 3 is 2.65 bits per heavy atom. The summed E-state index contributed by atoms with van der Waals surface area (Å²) in [5.74, 6) is 0.634. The van der Waals surface area contributed by atoms with Gasteiger partial charge in [-0.3, -0.25) is 4.79 Å². The summed E-state index contributed by atoms with van der Waals surface area (Å²) in [6.45, 7) is 0.0270. The number of rotatable bonds is 6. The number of halogens is 3. The molecule has 0 radical (unpaired) electrons. The molecule has 1 rings (SSSR count). The lowest BCUT2D eigenvalue weighted by Gasteiger charge is -2.12. The third-order valence-corrected chi connectivity index (χ3v) is 3.32. The second-order valence-corrected chi connectivity index (χ2v) is 5.16. The largest absolute Gasteiger partial charge is 0.418 e. The molecule has 0 unspecified atom stereocenters. The molecular weight excluding hydrogens is 293 g/mol. The number of benzene rings is 1. The molecule has 0 fully saturated rings. The highest BCUT2D eigenvalue weighted by atomic mass is 32.2. The summed E-state index contributed by atoms with van der Waals surface area (Å²) in [6, 6.07) is 3.25. The van der Waals surface area contributed by atoms with Gasteiger partial charge in [0.15, 0.2) is 0 Å². The molecule has 0 bridgehead atoms. The van der Waals surface area contributed by atoms with Crippen molar-refractivity contribution in [2.24, 2.45) is 0 Å². The molecule has 0 aromatic heterocycles. The van der Waals surface area contributed by atoms with Gasteiger partial charge in [0.1, 0.15) is 0 Å². The Morgan fingerprint density at radius 2 is 2.05 bits per heavy atom. The quantitative estimate of drug-likeness (QED) is 0.557. The van der Waals surface area contributed by atoms with Gasteiger partial charge in [-0.1, -0.05) is 0 Å². The zero-order valence-electron chi connectivity index (χ0n) is 10.5. The Hall–Kier alpha value is -1.41. The molecule has 0 atom stereocenters. The van der Waals surface area contributed by atoms with Crippen LogP contribution in [-0.2, 0) is 11.0 Å². The van der Waals surface area contributed by atoms with E-state index in [1.807, 2.05) is 0 Å². The van der Waals surface area contributed by atoms with Crippen LogP contribution in [0, 0.1) is 0 Å². The highest BCUT2D eigenvalue weighted by Gasteiger charge is 2.33. The van der Waals surface area contributed by atoms with E-state index in [9.17, 15) is 18.0 Å². The van der Waals surface area contributed by atoms with Crippen molar-refractivity contribution in [1.29, 1.82) is 0 Å². The molecule has 0 saturated carbocycles. The highest BCUT2D eigenvalue weighted by molar-refractivity contribution is 7.99. The number of alkyl halides is 3. The fourth-order valence-electron chi connectivity index (χ4n) is 1.43. The van der Waals surface area contributed by atoms with Crippen LogP contribution < -0.4 is 11.1 Å². The van der Waals surface area contributed by atoms with E-state index >= 15 is 0 Å². The van der Waals surface area contributed by atoms with Gasteiger partial charge in [0.05, 0.1) is 12.2 Å². The van der Waals surface area contributed by atoms with E-state index in [1.165, 1.54) is 17.8 Å². The molecule has 112 valence electrons. The van der Waals surface area contributed by atoms with Crippen LogP contribution in [0.1, 0.15) is 12.0 Å². The van der Waals surface area contributed by atoms with Crippen LogP contribution in [0.5, 0.6) is 0 Å². The smallest absolute Gasteiger partial charge is 0.398 e. The number of aliphatic hydroxyl groups is 1. The maximum atomic E-state index is 12.6. The van der Waals surface area contributed by atoms with Gasteiger partial charge >= 0.3 is 6.18 Å². The van der Waals surface area contributed by atoms with Crippen molar-refractivity contribution >= 4 is 29.0 Å². The van der Waals surface area contributed by atoms with Gasteiger partial charge in [-0.05, 0) is 18.2 Å². The van der Waals surface area contributed by atoms with Crippen molar-refractivity contribution in [2.45, 2.75) is 12.6 Å². The maximum Gasteiger partial charge on any atom is 0.418 e. The van der Waals surface area contributed by atoms with Crippen molar-refractivity contribution in [1.82, 2.24) is 0 Å². The number of hydrogen-bond acceptors (Lipinski definition) is 4. The van der Waals surface area contributed by atoms with Crippen molar-refractivity contribution in [2.75, 3.05) is 29.2 Å². The van der Waals surface area contributed by atoms with Crippen molar-refractivity contribution in [3.8, 4) is 0 Å². The van der Waals surface area contributed by atoms with E-state index in [2.05, 4.69) is 5.32 Å². The normalized spacial score (nSPS) is 11.4. The molecule has 0 heterocycles. The summed E-state index contributed by atoms with van der Waals surface area (Å²) in [7, 11) is 0. The molecule has 4 N–H and O–H groups in total. The van der Waals surface area contributed by atoms with Crippen LogP contribution in [0.3, 0.4) is 0 Å². The van der Waals surface area contributed by atoms with Gasteiger partial charge in [0.2, 0.25) is 5.91 Å². The molecule has 0 spiro atoms. The lowest BCUT2D eigenvalue weighted by molar-refractivity contribution is -0.136. The lowest BCUT2D eigenvalue weighted by Crippen LogP contribution is -2.14. The van der Waals surface area contributed by atoms with E-state index in [4.69, 9.17) is 10.8 Å². The number of hydrogen-bond donors (Lipinski definition) is 3. The molecule has 20 heavy (non-hydrogen) atoms. The van der Waals surface area contributed by atoms with Gasteiger partial charge in [0.25, 0.3) is 0 Å². The van der Waals surface area contributed by atoms with Gasteiger partial charge in [0, 0.05) is 29.3 Å². The Labute approximate surface area is 118 Å². The fraction of sp³-hybridized carbons (Fsp3) is 0.417. The van der Waals surface area contributed by atoms with Gasteiger partial charge in [-0.25, -0.2) is 0 Å². The predicted octanol–water partition coefficient (Wildman–Crippen LogP) is 2.34. The molecule has 4 nitrogen and oxygen atoms in total. The van der Waals surface area contributed by atoms with Crippen LogP contribution in [0.2, 0.25) is 0 Å². The first-order valence-electron chi connectivity index (χ1n) is 5.79. The number of anilines is 2. The number of carbonyl (C=O) groups excluding carboxylic acids is 1. The fourth-order valence-corrected chi connectivity index (χ4v) is 2.10. The maximum absolute atomic E-state index is 12.6. The van der Waals surface area contributed by atoms with Crippen molar-refractivity contribution < 1.29 is 23.1 Å². The number of thioether (sulfide) groups is 1. The third-order valence-electron chi connectivity index (χ3n) is 2.35. The first kappa shape index (κ1) is 16.6. The average Bonchev–Trinajstić information content (AvgIpc) is 2.36. The Morgan fingerprint density at radius 1 is 1.35 bits per heavy atom. The number of nitrogens with one attached hydrogen (secondary N) is 1. The van der Waals surface area contributed by atoms with E-state index in [-0.39, 0.29) is 30.3 Å². The van der Waals surface area contributed by atoms with Crippen molar-refractivity contribution in [3.63, 3.8) is 0 Å². The van der Waals surface area contributed by atoms with E-state index in [0.29, 0.717) is 11.5 Å². The number of nitrogens with two attached hydrogens (primary N) is 1. The standard InChI is InChI=1S/C12H15F3N2O2S/c13-12(14,15)9-7-8(1-2-10(9)16)17-11(19)3-5-20-6-4-18/h1-2,7,18H,3-6,16H2,(H,17,19). The van der Waals surface area contributed by atoms with E-state index < -0.39 is 11.7 Å². The zero-order chi connectivity index (χ0) is 15.2.